The summed E-state index contributed by atoms with van der Waals surface area (Å²) in [5.74, 6) is -1.12. The summed E-state index contributed by atoms with van der Waals surface area (Å²) in [6.45, 7) is 5.10. The minimum Gasteiger partial charge on any atom is -0.504 e. The Morgan fingerprint density at radius 2 is 1.93 bits per heavy atom. The fourth-order valence-electron chi connectivity index (χ4n) is 3.24. The van der Waals surface area contributed by atoms with Crippen LogP contribution in [-0.2, 0) is 9.53 Å². The van der Waals surface area contributed by atoms with Crippen LogP contribution >= 0.6 is 0 Å². The summed E-state index contributed by atoms with van der Waals surface area (Å²) in [5.41, 5.74) is 0.0477. The summed E-state index contributed by atoms with van der Waals surface area (Å²) in [5, 5.41) is 12.8. The lowest BCUT2D eigenvalue weighted by molar-refractivity contribution is -0.143. The molecule has 9 heteroatoms. The van der Waals surface area contributed by atoms with Gasteiger partial charge in [0.05, 0.1) is 30.3 Å². The third-order valence-corrected chi connectivity index (χ3v) is 4.37. The van der Waals surface area contributed by atoms with Crippen LogP contribution in [0, 0.1) is 0 Å². The number of nitrogens with one attached hydrogen (secondary N) is 3. The quantitative estimate of drug-likeness (QED) is 0.585. The van der Waals surface area contributed by atoms with Gasteiger partial charge in [-0.15, -0.1) is 0 Å². The van der Waals surface area contributed by atoms with Crippen molar-refractivity contribution in [1.82, 2.24) is 9.97 Å². The fourth-order valence-corrected chi connectivity index (χ4v) is 3.24. The first-order chi connectivity index (χ1) is 13.2. The number of phenolic OH excluding ortho intramolecular Hbond substituents is 1. The fraction of sp³-hybridized carbons (Fsp3) is 0.316. The summed E-state index contributed by atoms with van der Waals surface area (Å²) >= 11 is 0. The van der Waals surface area contributed by atoms with E-state index >= 15 is 0 Å². The van der Waals surface area contributed by atoms with Gasteiger partial charge in [-0.25, -0.2) is 9.59 Å². The molecule has 0 aliphatic carbocycles. The van der Waals surface area contributed by atoms with E-state index in [9.17, 15) is 19.5 Å². The van der Waals surface area contributed by atoms with Gasteiger partial charge < -0.3 is 19.9 Å². The van der Waals surface area contributed by atoms with Crippen LogP contribution in [0.4, 0.5) is 5.82 Å². The normalized spacial score (nSPS) is 15.8. The second kappa shape index (κ2) is 7.26. The number of aromatic amines is 2. The smallest absolute Gasteiger partial charge is 0.337 e. The van der Waals surface area contributed by atoms with Gasteiger partial charge in [-0.05, 0) is 38.5 Å². The molecule has 1 aliphatic heterocycles. The monoisotopic (exact) mass is 387 g/mol. The van der Waals surface area contributed by atoms with Gasteiger partial charge in [0.2, 0.25) is 0 Å². The van der Waals surface area contributed by atoms with Crippen LogP contribution in [0.1, 0.15) is 37.8 Å². The molecule has 2 aromatic rings. The molecule has 0 unspecified atom stereocenters. The van der Waals surface area contributed by atoms with Gasteiger partial charge in [0.15, 0.2) is 11.5 Å². The largest absolute Gasteiger partial charge is 0.504 e. The Labute approximate surface area is 160 Å². The number of methoxy groups -OCH3 is 1. The summed E-state index contributed by atoms with van der Waals surface area (Å²) in [7, 11) is 1.40. The van der Waals surface area contributed by atoms with Gasteiger partial charge in [0, 0.05) is 5.70 Å². The molecule has 0 saturated heterocycles. The van der Waals surface area contributed by atoms with Gasteiger partial charge in [-0.1, -0.05) is 6.07 Å². The van der Waals surface area contributed by atoms with E-state index in [4.69, 9.17) is 9.47 Å². The van der Waals surface area contributed by atoms with E-state index in [-0.39, 0.29) is 34.6 Å². The lowest BCUT2D eigenvalue weighted by Gasteiger charge is -2.29. The Morgan fingerprint density at radius 1 is 1.21 bits per heavy atom. The van der Waals surface area contributed by atoms with Crippen molar-refractivity contribution in [2.75, 3.05) is 12.4 Å². The second-order valence-electron chi connectivity index (χ2n) is 6.68. The molecule has 1 aliphatic rings. The number of hydrogen-bond acceptors (Lipinski definition) is 7. The van der Waals surface area contributed by atoms with E-state index in [0.29, 0.717) is 11.3 Å². The van der Waals surface area contributed by atoms with Crippen molar-refractivity contribution >= 4 is 11.8 Å². The average molecular weight is 387 g/mol. The van der Waals surface area contributed by atoms with E-state index in [1.54, 1.807) is 26.8 Å². The minimum atomic E-state index is -0.836. The number of ether oxygens (including phenoxy) is 2. The number of carbonyl (C=O) groups excluding carboxylic acids is 1. The van der Waals surface area contributed by atoms with E-state index in [1.807, 2.05) is 0 Å². The van der Waals surface area contributed by atoms with Gasteiger partial charge in [0.25, 0.3) is 5.56 Å². The van der Waals surface area contributed by atoms with Crippen LogP contribution in [0.15, 0.2) is 39.1 Å². The maximum absolute atomic E-state index is 12.8. The van der Waals surface area contributed by atoms with Gasteiger partial charge >= 0.3 is 11.7 Å². The number of rotatable bonds is 4. The highest BCUT2D eigenvalue weighted by molar-refractivity contribution is 5.94. The maximum atomic E-state index is 12.8. The number of aromatic nitrogens is 2. The molecule has 1 aromatic heterocycles. The van der Waals surface area contributed by atoms with Crippen LogP contribution in [0.2, 0.25) is 0 Å². The first-order valence-electron chi connectivity index (χ1n) is 8.65. The average Bonchev–Trinajstić information content (AvgIpc) is 2.59. The second-order valence-corrected chi connectivity index (χ2v) is 6.68. The van der Waals surface area contributed by atoms with Gasteiger partial charge in [-0.2, -0.15) is 0 Å². The molecular formula is C19H21N3O6. The third kappa shape index (κ3) is 3.38. The predicted octanol–water partition coefficient (Wildman–Crippen LogP) is 1.56. The number of carbonyl (C=O) groups is 1. The zero-order valence-corrected chi connectivity index (χ0v) is 15.9. The first kappa shape index (κ1) is 19.3. The Hall–Kier alpha value is -3.49. The molecule has 0 bridgehead atoms. The number of aromatic hydroxyl groups is 1. The van der Waals surface area contributed by atoms with E-state index in [1.165, 1.54) is 19.2 Å². The van der Waals surface area contributed by atoms with E-state index < -0.39 is 23.1 Å². The minimum absolute atomic E-state index is 0.0807. The van der Waals surface area contributed by atoms with E-state index in [2.05, 4.69) is 15.3 Å². The Balaban J connectivity index is 2.28. The number of H-pyrrole nitrogens is 2. The first-order valence-corrected chi connectivity index (χ1v) is 8.65. The van der Waals surface area contributed by atoms with E-state index in [0.717, 1.165) is 0 Å². The maximum Gasteiger partial charge on any atom is 0.337 e. The van der Waals surface area contributed by atoms with Crippen molar-refractivity contribution in [3.8, 4) is 11.5 Å². The Bertz CT molecular complexity index is 1080. The molecular weight excluding hydrogens is 366 g/mol. The number of phenols is 1. The SMILES string of the molecule is COc1cc([C@@H]2C(C(=O)OC(C)C)=C(C)Nc3[nH]c(=O)[nH]c(=O)c32)ccc1O. The van der Waals surface area contributed by atoms with Crippen LogP contribution in [0.5, 0.6) is 11.5 Å². The van der Waals surface area contributed by atoms with Gasteiger partial charge in [0.1, 0.15) is 5.82 Å². The van der Waals surface area contributed by atoms with Crippen molar-refractivity contribution in [3.05, 3.63) is 61.4 Å². The molecule has 0 saturated carbocycles. The molecule has 28 heavy (non-hydrogen) atoms. The summed E-state index contributed by atoms with van der Waals surface area (Å²) in [6, 6.07) is 4.53. The highest BCUT2D eigenvalue weighted by Gasteiger charge is 2.36. The van der Waals surface area contributed by atoms with Crippen molar-refractivity contribution in [3.63, 3.8) is 0 Å². The van der Waals surface area contributed by atoms with Crippen LogP contribution in [-0.4, -0.2) is 34.3 Å². The number of benzene rings is 1. The van der Waals surface area contributed by atoms with Crippen molar-refractivity contribution in [2.45, 2.75) is 32.8 Å². The van der Waals surface area contributed by atoms with Crippen molar-refractivity contribution in [1.29, 1.82) is 0 Å². The summed E-state index contributed by atoms with van der Waals surface area (Å²) in [4.78, 5) is 41.9. The molecule has 9 nitrogen and oxygen atoms in total. The Morgan fingerprint density at radius 3 is 2.57 bits per heavy atom. The number of anilines is 1. The summed E-state index contributed by atoms with van der Waals surface area (Å²) in [6.07, 6.45) is -0.363. The lowest BCUT2D eigenvalue weighted by Crippen LogP contribution is -2.35. The zero-order valence-electron chi connectivity index (χ0n) is 15.9. The highest BCUT2D eigenvalue weighted by Crippen LogP contribution is 2.41. The van der Waals surface area contributed by atoms with Crippen LogP contribution < -0.4 is 21.3 Å². The Kier molecular flexibility index (Phi) is 5.00. The molecule has 148 valence electrons. The zero-order chi connectivity index (χ0) is 20.6. The molecule has 1 atom stereocenters. The molecule has 0 spiro atoms. The van der Waals surface area contributed by atoms with Gasteiger partial charge in [-0.3, -0.25) is 14.8 Å². The molecule has 4 N–H and O–H groups in total. The number of hydrogen-bond donors (Lipinski definition) is 4. The molecule has 0 amide bonds. The predicted molar refractivity (Wildman–Crippen MR) is 102 cm³/mol. The third-order valence-electron chi connectivity index (χ3n) is 4.37. The highest BCUT2D eigenvalue weighted by atomic mass is 16.5. The van der Waals surface area contributed by atoms with Crippen molar-refractivity contribution < 1.29 is 19.4 Å². The van der Waals surface area contributed by atoms with Crippen molar-refractivity contribution in [2.24, 2.45) is 0 Å². The molecule has 2 heterocycles. The number of esters is 1. The topological polar surface area (TPSA) is 134 Å². The standard InChI is InChI=1S/C19H21N3O6/c1-8(2)28-18(25)13-9(3)20-16-15(17(24)22-19(26)21-16)14(13)10-5-6-11(23)12(7-10)27-4/h5-8,14,23H,1-4H3,(H3,20,21,22,24,26)/t14-/m1/s1. The lowest BCUT2D eigenvalue weighted by atomic mass is 9.82. The van der Waals surface area contributed by atoms with Crippen LogP contribution in [0.25, 0.3) is 0 Å². The molecule has 0 radical (unpaired) electrons. The van der Waals surface area contributed by atoms with Crippen LogP contribution in [0.3, 0.4) is 0 Å². The number of allylic oxidation sites excluding steroid dienone is 1. The molecule has 0 fully saturated rings. The molecule has 3 rings (SSSR count). The molecule has 1 aromatic carbocycles. The summed E-state index contributed by atoms with van der Waals surface area (Å²) < 4.78 is 10.5. The number of fused-ring (bicyclic) bond motifs is 1.